The van der Waals surface area contributed by atoms with E-state index in [2.05, 4.69) is 35.4 Å². The number of thioether (sulfide) groups is 1. The summed E-state index contributed by atoms with van der Waals surface area (Å²) in [6.45, 7) is 4.14. The smallest absolute Gasteiger partial charge is 0.250 e. The Kier molecular flexibility index (Phi) is 5.46. The van der Waals surface area contributed by atoms with Gasteiger partial charge in [0.2, 0.25) is 5.91 Å². The normalized spacial score (nSPS) is 11.1. The predicted octanol–water partition coefficient (Wildman–Crippen LogP) is 4.09. The molecule has 0 aliphatic rings. The average Bonchev–Trinajstić information content (AvgIpc) is 2.61. The van der Waals surface area contributed by atoms with Crippen LogP contribution in [-0.4, -0.2) is 22.9 Å². The zero-order valence-corrected chi connectivity index (χ0v) is 15.0. The first-order valence-corrected chi connectivity index (χ1v) is 8.98. The molecule has 1 heterocycles. The third-order valence-electron chi connectivity index (χ3n) is 3.70. The van der Waals surface area contributed by atoms with Gasteiger partial charge in [-0.3, -0.25) is 4.79 Å². The molecule has 3 aromatic rings. The number of rotatable bonds is 5. The summed E-state index contributed by atoms with van der Waals surface area (Å²) in [5.74, 6) is 0.122. The summed E-state index contributed by atoms with van der Waals surface area (Å²) in [7, 11) is 0. The number of hydrazone groups is 1. The highest BCUT2D eigenvalue weighted by Crippen LogP contribution is 2.24. The molecule has 0 unspecified atom stereocenters. The number of pyridine rings is 1. The standard InChI is InChI=1S/C20H19N3OS/c1-14-8-9-18-17(10-14)15(2)11-20(22-18)25-13-19(24)23-21-12-16-6-4-3-5-7-16/h3-12H,13H2,1-2H3,(H,23,24). The molecule has 0 radical (unpaired) electrons. The molecule has 0 saturated heterocycles. The van der Waals surface area contributed by atoms with Crippen molar-refractivity contribution in [2.75, 3.05) is 5.75 Å². The molecule has 126 valence electrons. The molecule has 1 N–H and O–H groups in total. The van der Waals surface area contributed by atoms with Crippen LogP contribution in [0, 0.1) is 13.8 Å². The van der Waals surface area contributed by atoms with Crippen LogP contribution in [0.3, 0.4) is 0 Å². The molecule has 0 saturated carbocycles. The minimum absolute atomic E-state index is 0.152. The van der Waals surface area contributed by atoms with Gasteiger partial charge in [0, 0.05) is 5.39 Å². The van der Waals surface area contributed by atoms with Crippen LogP contribution in [0.4, 0.5) is 0 Å². The molecule has 2 aromatic carbocycles. The summed E-state index contributed by atoms with van der Waals surface area (Å²) in [5.41, 5.74) is 6.82. The lowest BCUT2D eigenvalue weighted by Crippen LogP contribution is -2.19. The number of fused-ring (bicyclic) bond motifs is 1. The molecule has 25 heavy (non-hydrogen) atoms. The van der Waals surface area contributed by atoms with Gasteiger partial charge in [0.25, 0.3) is 0 Å². The molecule has 0 bridgehead atoms. The van der Waals surface area contributed by atoms with Crippen molar-refractivity contribution in [3.63, 3.8) is 0 Å². The van der Waals surface area contributed by atoms with E-state index in [9.17, 15) is 4.79 Å². The Morgan fingerprint density at radius 1 is 1.16 bits per heavy atom. The van der Waals surface area contributed by atoms with Gasteiger partial charge in [-0.1, -0.05) is 53.7 Å². The van der Waals surface area contributed by atoms with Crippen molar-refractivity contribution in [3.8, 4) is 0 Å². The van der Waals surface area contributed by atoms with Gasteiger partial charge in [0.15, 0.2) is 0 Å². The maximum Gasteiger partial charge on any atom is 0.250 e. The highest BCUT2D eigenvalue weighted by Gasteiger charge is 2.06. The summed E-state index contributed by atoms with van der Waals surface area (Å²) in [6, 6.07) is 17.9. The van der Waals surface area contributed by atoms with E-state index < -0.39 is 0 Å². The number of benzene rings is 2. The van der Waals surface area contributed by atoms with E-state index in [-0.39, 0.29) is 11.7 Å². The first kappa shape index (κ1) is 17.2. The van der Waals surface area contributed by atoms with Crippen LogP contribution < -0.4 is 5.43 Å². The van der Waals surface area contributed by atoms with Gasteiger partial charge in [0.1, 0.15) is 0 Å². The number of hydrogen-bond acceptors (Lipinski definition) is 4. The van der Waals surface area contributed by atoms with Crippen molar-refractivity contribution < 1.29 is 4.79 Å². The molecule has 0 spiro atoms. The lowest BCUT2D eigenvalue weighted by atomic mass is 10.1. The SMILES string of the molecule is Cc1ccc2nc(SCC(=O)NN=Cc3ccccc3)cc(C)c2c1. The molecule has 0 atom stereocenters. The molecular formula is C20H19N3OS. The molecule has 1 aromatic heterocycles. The van der Waals surface area contributed by atoms with Gasteiger partial charge >= 0.3 is 0 Å². The maximum atomic E-state index is 11.9. The molecule has 0 aliphatic carbocycles. The number of aromatic nitrogens is 1. The van der Waals surface area contributed by atoms with Gasteiger partial charge in [-0.25, -0.2) is 10.4 Å². The second-order valence-corrected chi connectivity index (χ2v) is 6.79. The van der Waals surface area contributed by atoms with Crippen molar-refractivity contribution in [2.45, 2.75) is 18.9 Å². The fourth-order valence-corrected chi connectivity index (χ4v) is 3.21. The number of aryl methyl sites for hydroxylation is 2. The van der Waals surface area contributed by atoms with E-state index in [0.717, 1.165) is 21.5 Å². The van der Waals surface area contributed by atoms with Crippen molar-refractivity contribution in [3.05, 3.63) is 71.3 Å². The van der Waals surface area contributed by atoms with Crippen LogP contribution >= 0.6 is 11.8 Å². The predicted molar refractivity (Wildman–Crippen MR) is 104 cm³/mol. The summed E-state index contributed by atoms with van der Waals surface area (Å²) >= 11 is 1.41. The highest BCUT2D eigenvalue weighted by molar-refractivity contribution is 7.99. The monoisotopic (exact) mass is 349 g/mol. The molecule has 0 aliphatic heterocycles. The lowest BCUT2D eigenvalue weighted by Gasteiger charge is -2.07. The lowest BCUT2D eigenvalue weighted by molar-refractivity contribution is -0.118. The van der Waals surface area contributed by atoms with Gasteiger partial charge in [-0.05, 0) is 43.2 Å². The molecular weight excluding hydrogens is 330 g/mol. The Morgan fingerprint density at radius 3 is 2.76 bits per heavy atom. The van der Waals surface area contributed by atoms with E-state index in [0.29, 0.717) is 0 Å². The van der Waals surface area contributed by atoms with Gasteiger partial charge < -0.3 is 0 Å². The minimum atomic E-state index is -0.152. The van der Waals surface area contributed by atoms with E-state index in [1.165, 1.54) is 22.9 Å². The Labute approximate surface area is 151 Å². The second kappa shape index (κ2) is 7.94. The number of carbonyl (C=O) groups is 1. The molecule has 3 rings (SSSR count). The first-order chi connectivity index (χ1) is 12.1. The highest BCUT2D eigenvalue weighted by atomic mass is 32.2. The van der Waals surface area contributed by atoms with Crippen LogP contribution in [0.15, 0.2) is 64.7 Å². The van der Waals surface area contributed by atoms with E-state index in [1.54, 1.807) is 6.21 Å². The topological polar surface area (TPSA) is 54.4 Å². The Morgan fingerprint density at radius 2 is 1.96 bits per heavy atom. The number of hydrogen-bond donors (Lipinski definition) is 1. The van der Waals surface area contributed by atoms with Gasteiger partial charge in [0.05, 0.1) is 22.5 Å². The van der Waals surface area contributed by atoms with Crippen molar-refractivity contribution in [1.29, 1.82) is 0 Å². The van der Waals surface area contributed by atoms with Crippen molar-refractivity contribution in [2.24, 2.45) is 5.10 Å². The first-order valence-electron chi connectivity index (χ1n) is 7.99. The zero-order valence-electron chi connectivity index (χ0n) is 14.2. The third-order valence-corrected chi connectivity index (χ3v) is 4.61. The molecule has 0 fully saturated rings. The number of carbonyl (C=O) groups excluding carboxylic acids is 1. The number of nitrogens with one attached hydrogen (secondary N) is 1. The third kappa shape index (κ3) is 4.67. The largest absolute Gasteiger partial charge is 0.272 e. The van der Waals surface area contributed by atoms with Crippen molar-refractivity contribution in [1.82, 2.24) is 10.4 Å². The Bertz CT molecular complexity index is 923. The fraction of sp³-hybridized carbons (Fsp3) is 0.150. The van der Waals surface area contributed by atoms with Gasteiger partial charge in [-0.2, -0.15) is 5.10 Å². The maximum absolute atomic E-state index is 11.9. The molecule has 5 heteroatoms. The van der Waals surface area contributed by atoms with Crippen LogP contribution in [0.5, 0.6) is 0 Å². The van der Waals surface area contributed by atoms with Crippen LogP contribution in [0.25, 0.3) is 10.9 Å². The van der Waals surface area contributed by atoms with Crippen molar-refractivity contribution >= 4 is 34.8 Å². The second-order valence-electron chi connectivity index (χ2n) is 5.79. The van der Waals surface area contributed by atoms with Gasteiger partial charge in [-0.15, -0.1) is 0 Å². The zero-order chi connectivity index (χ0) is 17.6. The van der Waals surface area contributed by atoms with Crippen LogP contribution in [0.1, 0.15) is 16.7 Å². The minimum Gasteiger partial charge on any atom is -0.272 e. The summed E-state index contributed by atoms with van der Waals surface area (Å²) in [5, 5.41) is 5.97. The average molecular weight is 349 g/mol. The fourth-order valence-electron chi connectivity index (χ4n) is 2.44. The Hall–Kier alpha value is -2.66. The number of nitrogens with zero attached hydrogens (tertiary/aromatic N) is 2. The summed E-state index contributed by atoms with van der Waals surface area (Å²) in [6.07, 6.45) is 1.63. The van der Waals surface area contributed by atoms with E-state index >= 15 is 0 Å². The Balaban J connectivity index is 1.59. The van der Waals surface area contributed by atoms with Crippen LogP contribution in [-0.2, 0) is 4.79 Å². The van der Waals surface area contributed by atoms with E-state index in [1.807, 2.05) is 48.5 Å². The molecule has 4 nitrogen and oxygen atoms in total. The quantitative estimate of drug-likeness (QED) is 0.429. The van der Waals surface area contributed by atoms with Crippen LogP contribution in [0.2, 0.25) is 0 Å². The molecule has 1 amide bonds. The summed E-state index contributed by atoms with van der Waals surface area (Å²) in [4.78, 5) is 16.5. The summed E-state index contributed by atoms with van der Waals surface area (Å²) < 4.78 is 0. The number of amides is 1. The van der Waals surface area contributed by atoms with E-state index in [4.69, 9.17) is 0 Å².